The number of anilines is 2. The Morgan fingerprint density at radius 2 is 1.46 bits per heavy atom. The van der Waals surface area contributed by atoms with Gasteiger partial charge in [0, 0.05) is 22.0 Å². The number of fused-ring (bicyclic) bond motifs is 1. The van der Waals surface area contributed by atoms with Gasteiger partial charge in [-0.25, -0.2) is 13.6 Å². The van der Waals surface area contributed by atoms with Crippen LogP contribution in [0, 0.1) is 0 Å². The molecule has 1 heterocycles. The van der Waals surface area contributed by atoms with Crippen LogP contribution in [0.3, 0.4) is 0 Å². The van der Waals surface area contributed by atoms with Gasteiger partial charge in [0.1, 0.15) is 11.4 Å². The van der Waals surface area contributed by atoms with Gasteiger partial charge in [0.15, 0.2) is 5.82 Å². The highest BCUT2D eigenvalue weighted by atomic mass is 32.2. The lowest BCUT2D eigenvalue weighted by atomic mass is 10.0. The van der Waals surface area contributed by atoms with Gasteiger partial charge in [0.25, 0.3) is 0 Å². The van der Waals surface area contributed by atoms with Gasteiger partial charge < -0.3 is 10.4 Å². The van der Waals surface area contributed by atoms with E-state index in [1.165, 1.54) is 12.1 Å². The summed E-state index contributed by atoms with van der Waals surface area (Å²) in [5.74, 6) is 0.726. The van der Waals surface area contributed by atoms with Crippen molar-refractivity contribution in [2.75, 3.05) is 5.32 Å². The quantitative estimate of drug-likeness (QED) is 0.490. The number of primary sulfonamides is 1. The first-order valence-electron chi connectivity index (χ1n) is 8.36. The normalized spacial score (nSPS) is 11.5. The number of aromatic hydroxyl groups is 1. The maximum Gasteiger partial charge on any atom is 0.238 e. The largest absolute Gasteiger partial charge is 0.508 e. The van der Waals surface area contributed by atoms with Gasteiger partial charge in [-0.3, -0.25) is 0 Å². The highest BCUT2D eigenvalue weighted by molar-refractivity contribution is 7.89. The predicted octanol–water partition coefficient (Wildman–Crippen LogP) is 3.39. The average Bonchev–Trinajstić information content (AvgIpc) is 2.69. The Balaban J connectivity index is 1.75. The third-order valence-corrected chi connectivity index (χ3v) is 5.20. The van der Waals surface area contributed by atoms with Crippen molar-refractivity contribution in [3.05, 3.63) is 72.8 Å². The molecule has 28 heavy (non-hydrogen) atoms. The number of nitrogens with two attached hydrogens (primary N) is 1. The number of nitrogens with one attached hydrogen (secondary N) is 1. The van der Waals surface area contributed by atoms with Crippen LogP contribution in [0.4, 0.5) is 11.5 Å². The summed E-state index contributed by atoms with van der Waals surface area (Å²) in [4.78, 5) is 0.0386. The van der Waals surface area contributed by atoms with Crippen LogP contribution < -0.4 is 10.5 Å². The second-order valence-corrected chi connectivity index (χ2v) is 7.75. The van der Waals surface area contributed by atoms with Crippen molar-refractivity contribution in [3.63, 3.8) is 0 Å². The molecule has 4 aromatic rings. The number of benzene rings is 3. The van der Waals surface area contributed by atoms with Gasteiger partial charge in [-0.2, -0.15) is 0 Å². The molecule has 0 atom stereocenters. The lowest BCUT2D eigenvalue weighted by Crippen LogP contribution is -2.11. The highest BCUT2D eigenvalue weighted by Gasteiger charge is 2.12. The number of phenols is 1. The Labute approximate surface area is 161 Å². The van der Waals surface area contributed by atoms with Crippen molar-refractivity contribution >= 4 is 32.3 Å². The van der Waals surface area contributed by atoms with E-state index in [4.69, 9.17) is 5.14 Å². The lowest BCUT2D eigenvalue weighted by molar-refractivity contribution is 0.475. The number of phenolic OH excluding ortho intramolecular Hbond substituents is 1. The van der Waals surface area contributed by atoms with E-state index in [1.807, 2.05) is 24.3 Å². The summed E-state index contributed by atoms with van der Waals surface area (Å²) < 4.78 is 22.8. The first kappa shape index (κ1) is 17.9. The number of aromatic nitrogens is 2. The van der Waals surface area contributed by atoms with Gasteiger partial charge in [0.05, 0.1) is 4.90 Å². The number of sulfonamides is 1. The average molecular weight is 392 g/mol. The van der Waals surface area contributed by atoms with Crippen LogP contribution in [0.5, 0.6) is 5.75 Å². The van der Waals surface area contributed by atoms with Crippen LogP contribution in [-0.4, -0.2) is 23.7 Å². The zero-order valence-corrected chi connectivity index (χ0v) is 15.4. The van der Waals surface area contributed by atoms with Crippen LogP contribution in [0.1, 0.15) is 0 Å². The summed E-state index contributed by atoms with van der Waals surface area (Å²) in [5.41, 5.74) is 2.19. The Morgan fingerprint density at radius 3 is 2.11 bits per heavy atom. The van der Waals surface area contributed by atoms with Crippen LogP contribution in [0.2, 0.25) is 0 Å². The molecule has 0 aliphatic carbocycles. The zero-order valence-electron chi connectivity index (χ0n) is 14.6. The fourth-order valence-corrected chi connectivity index (χ4v) is 3.41. The van der Waals surface area contributed by atoms with E-state index >= 15 is 0 Å². The van der Waals surface area contributed by atoms with E-state index in [9.17, 15) is 13.5 Å². The van der Waals surface area contributed by atoms with E-state index < -0.39 is 10.0 Å². The maximum absolute atomic E-state index is 11.4. The van der Waals surface area contributed by atoms with Gasteiger partial charge in [-0.05, 0) is 48.5 Å². The van der Waals surface area contributed by atoms with E-state index in [1.54, 1.807) is 36.4 Å². The van der Waals surface area contributed by atoms with Gasteiger partial charge in [0.2, 0.25) is 10.0 Å². The molecule has 3 aromatic carbocycles. The molecular weight excluding hydrogens is 376 g/mol. The number of rotatable bonds is 4. The third-order valence-electron chi connectivity index (χ3n) is 4.27. The van der Waals surface area contributed by atoms with Gasteiger partial charge in [-0.1, -0.05) is 24.3 Å². The summed E-state index contributed by atoms with van der Waals surface area (Å²) in [5, 5.41) is 28.2. The zero-order chi connectivity index (χ0) is 19.7. The highest BCUT2D eigenvalue weighted by Crippen LogP contribution is 2.31. The molecule has 7 nitrogen and oxygen atoms in total. The molecule has 0 fully saturated rings. The molecule has 0 radical (unpaired) electrons. The summed E-state index contributed by atoms with van der Waals surface area (Å²) in [6, 6.07) is 20.5. The standard InChI is InChI=1S/C20H16N4O3S/c21-28(26,27)16-11-7-14(8-12-16)22-20-18-4-2-1-3-17(18)19(23-24-20)13-5-9-15(25)10-6-13/h1-12,25H,(H,22,24)(H2,21,26,27). The summed E-state index contributed by atoms with van der Waals surface area (Å²) in [7, 11) is -3.74. The fraction of sp³-hybridized carbons (Fsp3) is 0. The molecule has 8 heteroatoms. The summed E-state index contributed by atoms with van der Waals surface area (Å²) >= 11 is 0. The molecule has 0 aliphatic heterocycles. The van der Waals surface area contributed by atoms with Crippen molar-refractivity contribution in [1.82, 2.24) is 10.2 Å². The second-order valence-electron chi connectivity index (χ2n) is 6.18. The molecule has 1 aromatic heterocycles. The van der Waals surface area contributed by atoms with Crippen molar-refractivity contribution in [2.45, 2.75) is 4.90 Å². The monoisotopic (exact) mass is 392 g/mol. The minimum absolute atomic E-state index is 0.0386. The Bertz CT molecular complexity index is 1260. The minimum Gasteiger partial charge on any atom is -0.508 e. The van der Waals surface area contributed by atoms with Crippen molar-refractivity contribution in [2.24, 2.45) is 5.14 Å². The summed E-state index contributed by atoms with van der Waals surface area (Å²) in [6.07, 6.45) is 0. The van der Waals surface area contributed by atoms with E-state index in [0.29, 0.717) is 17.2 Å². The molecule has 0 spiro atoms. The van der Waals surface area contributed by atoms with Gasteiger partial charge >= 0.3 is 0 Å². The molecule has 140 valence electrons. The molecule has 0 aliphatic rings. The van der Waals surface area contributed by atoms with Crippen molar-refractivity contribution in [3.8, 4) is 17.0 Å². The first-order valence-corrected chi connectivity index (χ1v) is 9.91. The Morgan fingerprint density at radius 1 is 0.821 bits per heavy atom. The molecule has 0 amide bonds. The molecular formula is C20H16N4O3S. The topological polar surface area (TPSA) is 118 Å². The van der Waals surface area contributed by atoms with Crippen molar-refractivity contribution < 1.29 is 13.5 Å². The number of hydrogen-bond acceptors (Lipinski definition) is 6. The number of hydrogen-bond donors (Lipinski definition) is 3. The molecule has 0 unspecified atom stereocenters. The van der Waals surface area contributed by atoms with E-state index in [0.717, 1.165) is 16.3 Å². The Kier molecular flexibility index (Phi) is 4.42. The van der Waals surface area contributed by atoms with E-state index in [-0.39, 0.29) is 10.6 Å². The molecule has 0 saturated heterocycles. The first-order chi connectivity index (χ1) is 13.4. The molecule has 0 saturated carbocycles. The van der Waals surface area contributed by atoms with Crippen molar-refractivity contribution in [1.29, 1.82) is 0 Å². The molecule has 0 bridgehead atoms. The SMILES string of the molecule is NS(=O)(=O)c1ccc(Nc2nnc(-c3ccc(O)cc3)c3ccccc23)cc1. The minimum atomic E-state index is -3.74. The third kappa shape index (κ3) is 3.51. The summed E-state index contributed by atoms with van der Waals surface area (Å²) in [6.45, 7) is 0. The van der Waals surface area contributed by atoms with Crippen LogP contribution in [0.15, 0.2) is 77.7 Å². The van der Waals surface area contributed by atoms with Gasteiger partial charge in [-0.15, -0.1) is 10.2 Å². The second kappa shape index (κ2) is 6.91. The van der Waals surface area contributed by atoms with Crippen LogP contribution >= 0.6 is 0 Å². The molecule has 4 N–H and O–H groups in total. The van der Waals surface area contributed by atoms with Crippen LogP contribution in [-0.2, 0) is 10.0 Å². The fourth-order valence-electron chi connectivity index (χ4n) is 2.89. The maximum atomic E-state index is 11.4. The smallest absolute Gasteiger partial charge is 0.238 e. The Hall–Kier alpha value is -3.49. The molecule has 4 rings (SSSR count). The van der Waals surface area contributed by atoms with Crippen LogP contribution in [0.25, 0.3) is 22.0 Å². The lowest BCUT2D eigenvalue weighted by Gasteiger charge is -2.11. The number of nitrogens with zero attached hydrogens (tertiary/aromatic N) is 2. The predicted molar refractivity (Wildman–Crippen MR) is 108 cm³/mol. The van der Waals surface area contributed by atoms with E-state index in [2.05, 4.69) is 15.5 Å².